The highest BCUT2D eigenvalue weighted by Gasteiger charge is 2.25. The fourth-order valence-corrected chi connectivity index (χ4v) is 3.11. The summed E-state index contributed by atoms with van der Waals surface area (Å²) in [6.45, 7) is 0.915. The molecule has 0 bridgehead atoms. The first-order chi connectivity index (χ1) is 10.2. The summed E-state index contributed by atoms with van der Waals surface area (Å²) in [5.74, 6) is 1.52. The van der Waals surface area contributed by atoms with Gasteiger partial charge in [-0.1, -0.05) is 29.8 Å². The number of benzene rings is 2. The molecule has 0 aromatic heterocycles. The molecule has 118 valence electrons. The zero-order valence-corrected chi connectivity index (χ0v) is 14.1. The molecule has 0 radical (unpaired) electrons. The van der Waals surface area contributed by atoms with Crippen LogP contribution in [0.2, 0.25) is 5.02 Å². The molecular formula is C17H19Cl2NO2. The minimum atomic E-state index is 0. The number of halogens is 2. The molecule has 0 amide bonds. The third kappa shape index (κ3) is 3.02. The molecule has 5 heteroatoms. The Morgan fingerprint density at radius 3 is 2.41 bits per heavy atom. The summed E-state index contributed by atoms with van der Waals surface area (Å²) in [7, 11) is 3.32. The van der Waals surface area contributed by atoms with Crippen LogP contribution in [0.5, 0.6) is 11.5 Å². The molecule has 22 heavy (non-hydrogen) atoms. The lowest BCUT2D eigenvalue weighted by Gasteiger charge is -2.29. The van der Waals surface area contributed by atoms with E-state index >= 15 is 0 Å². The molecular weight excluding hydrogens is 321 g/mol. The fourth-order valence-electron chi connectivity index (χ4n) is 2.87. The van der Waals surface area contributed by atoms with Crippen molar-refractivity contribution in [2.45, 2.75) is 12.5 Å². The maximum Gasteiger partial charge on any atom is 0.161 e. The number of hydrogen-bond acceptors (Lipinski definition) is 3. The lowest BCUT2D eigenvalue weighted by Crippen LogP contribution is -2.30. The summed E-state index contributed by atoms with van der Waals surface area (Å²) in [5.41, 5.74) is 3.57. The van der Waals surface area contributed by atoms with Gasteiger partial charge in [0.2, 0.25) is 0 Å². The number of hydrogen-bond donors (Lipinski definition) is 1. The largest absolute Gasteiger partial charge is 0.493 e. The van der Waals surface area contributed by atoms with Gasteiger partial charge < -0.3 is 14.8 Å². The van der Waals surface area contributed by atoms with Crippen LogP contribution in [0.25, 0.3) is 0 Å². The van der Waals surface area contributed by atoms with Gasteiger partial charge in [-0.15, -0.1) is 12.4 Å². The number of ether oxygens (including phenoxy) is 2. The second kappa shape index (κ2) is 7.23. The molecule has 0 saturated heterocycles. The second-order valence-electron chi connectivity index (χ2n) is 5.06. The predicted molar refractivity (Wildman–Crippen MR) is 91.8 cm³/mol. The first-order valence-corrected chi connectivity index (χ1v) is 7.35. The highest BCUT2D eigenvalue weighted by molar-refractivity contribution is 6.31. The summed E-state index contributed by atoms with van der Waals surface area (Å²) >= 11 is 6.36. The van der Waals surface area contributed by atoms with E-state index in [1.54, 1.807) is 14.2 Å². The second-order valence-corrected chi connectivity index (χ2v) is 5.47. The monoisotopic (exact) mass is 339 g/mol. The molecule has 0 fully saturated rings. The Kier molecular flexibility index (Phi) is 5.57. The number of fused-ring (bicyclic) bond motifs is 1. The van der Waals surface area contributed by atoms with Crippen molar-refractivity contribution in [1.82, 2.24) is 5.32 Å². The van der Waals surface area contributed by atoms with Crippen molar-refractivity contribution >= 4 is 24.0 Å². The van der Waals surface area contributed by atoms with Gasteiger partial charge in [-0.05, 0) is 41.3 Å². The first kappa shape index (κ1) is 16.9. The van der Waals surface area contributed by atoms with Crippen LogP contribution in [0.4, 0.5) is 0 Å². The number of rotatable bonds is 3. The van der Waals surface area contributed by atoms with Gasteiger partial charge in [-0.25, -0.2) is 0 Å². The van der Waals surface area contributed by atoms with Crippen molar-refractivity contribution in [1.29, 1.82) is 0 Å². The van der Waals surface area contributed by atoms with Crippen LogP contribution in [-0.2, 0) is 6.42 Å². The van der Waals surface area contributed by atoms with E-state index in [0.29, 0.717) is 0 Å². The normalized spacial score (nSPS) is 16.4. The van der Waals surface area contributed by atoms with Gasteiger partial charge in [0.05, 0.1) is 20.3 Å². The summed E-state index contributed by atoms with van der Waals surface area (Å²) in [6.07, 6.45) is 0.969. The zero-order chi connectivity index (χ0) is 14.8. The van der Waals surface area contributed by atoms with Crippen molar-refractivity contribution < 1.29 is 9.47 Å². The minimum absolute atomic E-state index is 0. The topological polar surface area (TPSA) is 30.5 Å². The summed E-state index contributed by atoms with van der Waals surface area (Å²) in [4.78, 5) is 0. The highest BCUT2D eigenvalue weighted by Crippen LogP contribution is 2.38. The van der Waals surface area contributed by atoms with Crippen LogP contribution in [0.1, 0.15) is 22.7 Å². The fraction of sp³-hybridized carbons (Fsp3) is 0.294. The van der Waals surface area contributed by atoms with E-state index in [1.807, 2.05) is 24.3 Å². The molecule has 1 aliphatic heterocycles. The average molecular weight is 340 g/mol. The van der Waals surface area contributed by atoms with Crippen LogP contribution in [-0.4, -0.2) is 20.8 Å². The van der Waals surface area contributed by atoms with Gasteiger partial charge in [0.1, 0.15) is 0 Å². The van der Waals surface area contributed by atoms with Gasteiger partial charge in [-0.2, -0.15) is 0 Å². The van der Waals surface area contributed by atoms with Gasteiger partial charge in [0, 0.05) is 11.6 Å². The molecule has 1 heterocycles. The highest BCUT2D eigenvalue weighted by atomic mass is 35.5. The number of methoxy groups -OCH3 is 2. The Labute approximate surface area is 142 Å². The SMILES string of the molecule is COc1cc2c(cc1OC)C(c1ccccc1Cl)NCC2.Cl. The Balaban J connectivity index is 0.00000176. The molecule has 1 aliphatic rings. The summed E-state index contributed by atoms with van der Waals surface area (Å²) in [5, 5.41) is 4.32. The third-order valence-electron chi connectivity index (χ3n) is 3.92. The maximum absolute atomic E-state index is 6.36. The molecule has 1 atom stereocenters. The molecule has 0 aliphatic carbocycles. The molecule has 0 saturated carbocycles. The van der Waals surface area contributed by atoms with Crippen LogP contribution >= 0.6 is 24.0 Å². The van der Waals surface area contributed by atoms with Crippen molar-refractivity contribution in [2.75, 3.05) is 20.8 Å². The van der Waals surface area contributed by atoms with Crippen LogP contribution < -0.4 is 14.8 Å². The van der Waals surface area contributed by atoms with E-state index in [9.17, 15) is 0 Å². The van der Waals surface area contributed by atoms with E-state index in [0.717, 1.165) is 35.1 Å². The van der Waals surface area contributed by atoms with E-state index in [2.05, 4.69) is 17.4 Å². The first-order valence-electron chi connectivity index (χ1n) is 6.97. The molecule has 0 spiro atoms. The Hall–Kier alpha value is -1.42. The summed E-state index contributed by atoms with van der Waals surface area (Å²) < 4.78 is 10.8. The quantitative estimate of drug-likeness (QED) is 0.916. The van der Waals surface area contributed by atoms with Crippen molar-refractivity contribution in [3.63, 3.8) is 0 Å². The van der Waals surface area contributed by atoms with Crippen LogP contribution in [0.15, 0.2) is 36.4 Å². The minimum Gasteiger partial charge on any atom is -0.493 e. The van der Waals surface area contributed by atoms with Crippen LogP contribution in [0.3, 0.4) is 0 Å². The van der Waals surface area contributed by atoms with E-state index in [4.69, 9.17) is 21.1 Å². The Morgan fingerprint density at radius 1 is 1.05 bits per heavy atom. The lowest BCUT2D eigenvalue weighted by molar-refractivity contribution is 0.353. The van der Waals surface area contributed by atoms with Crippen molar-refractivity contribution in [3.8, 4) is 11.5 Å². The molecule has 3 rings (SSSR count). The van der Waals surface area contributed by atoms with Gasteiger partial charge in [0.15, 0.2) is 11.5 Å². The third-order valence-corrected chi connectivity index (χ3v) is 4.26. The predicted octanol–water partition coefficient (Wildman–Crippen LogP) is 4.01. The molecule has 1 unspecified atom stereocenters. The molecule has 3 nitrogen and oxygen atoms in total. The average Bonchev–Trinajstić information content (AvgIpc) is 2.53. The van der Waals surface area contributed by atoms with Crippen LogP contribution in [0, 0.1) is 0 Å². The van der Waals surface area contributed by atoms with Crippen molar-refractivity contribution in [2.24, 2.45) is 0 Å². The molecule has 1 N–H and O–H groups in total. The maximum atomic E-state index is 6.36. The number of nitrogens with one attached hydrogen (secondary N) is 1. The zero-order valence-electron chi connectivity index (χ0n) is 12.6. The Morgan fingerprint density at radius 2 is 1.73 bits per heavy atom. The standard InChI is InChI=1S/C17H18ClNO2.ClH/c1-20-15-9-11-7-8-19-17(13(11)10-16(15)21-2)12-5-3-4-6-14(12)18;/h3-6,9-10,17,19H,7-8H2,1-2H3;1H. The van der Waals surface area contributed by atoms with Gasteiger partial charge in [0.25, 0.3) is 0 Å². The van der Waals surface area contributed by atoms with E-state index < -0.39 is 0 Å². The van der Waals surface area contributed by atoms with E-state index in [1.165, 1.54) is 11.1 Å². The molecule has 2 aromatic rings. The van der Waals surface area contributed by atoms with Gasteiger partial charge >= 0.3 is 0 Å². The lowest BCUT2D eigenvalue weighted by atomic mass is 9.89. The molecule has 2 aromatic carbocycles. The smallest absolute Gasteiger partial charge is 0.161 e. The Bertz CT molecular complexity index is 661. The van der Waals surface area contributed by atoms with E-state index in [-0.39, 0.29) is 18.4 Å². The van der Waals surface area contributed by atoms with Crippen molar-refractivity contribution in [3.05, 3.63) is 58.1 Å². The van der Waals surface area contributed by atoms with Gasteiger partial charge in [-0.3, -0.25) is 0 Å². The summed E-state index contributed by atoms with van der Waals surface area (Å²) in [6, 6.07) is 12.1.